The zero-order valence-corrected chi connectivity index (χ0v) is 23.1. The first-order chi connectivity index (χ1) is 17.5. The molecule has 3 aromatic rings. The average molecular weight is 524 g/mol. The zero-order valence-electron chi connectivity index (χ0n) is 22.3. The molecule has 0 aromatic heterocycles. The first kappa shape index (κ1) is 28.2. The Hall–Kier alpha value is -3.39. The van der Waals surface area contributed by atoms with Gasteiger partial charge in [-0.25, -0.2) is 8.42 Å². The number of carbonyl (C=O) groups excluding carboxylic acids is 2. The van der Waals surface area contributed by atoms with E-state index < -0.39 is 28.5 Å². The zero-order chi connectivity index (χ0) is 27.2. The largest absolute Gasteiger partial charge is 0.354 e. The fraction of sp³-hybridized carbons (Fsp3) is 0.379. The highest BCUT2D eigenvalue weighted by Crippen LogP contribution is 2.29. The second-order valence-corrected chi connectivity index (χ2v) is 11.7. The van der Waals surface area contributed by atoms with E-state index in [1.54, 1.807) is 12.1 Å². The molecule has 0 bridgehead atoms. The Balaban J connectivity index is 2.02. The lowest BCUT2D eigenvalue weighted by Crippen LogP contribution is -2.52. The van der Waals surface area contributed by atoms with Crippen LogP contribution in [0.25, 0.3) is 10.8 Å². The molecule has 8 heteroatoms. The fourth-order valence-electron chi connectivity index (χ4n) is 4.33. The maximum absolute atomic E-state index is 13.9. The van der Waals surface area contributed by atoms with Gasteiger partial charge in [0, 0.05) is 18.5 Å². The second-order valence-electron chi connectivity index (χ2n) is 9.78. The van der Waals surface area contributed by atoms with Gasteiger partial charge < -0.3 is 10.2 Å². The molecule has 7 nitrogen and oxygen atoms in total. The summed E-state index contributed by atoms with van der Waals surface area (Å²) in [5.74, 6) is -0.420. The molecule has 0 saturated heterocycles. The highest BCUT2D eigenvalue weighted by molar-refractivity contribution is 7.92. The molecular formula is C29H37N3O4S. The number of aryl methyl sites for hydroxylation is 1. The monoisotopic (exact) mass is 523 g/mol. The SMILES string of the molecule is CC[C@@H](C(=O)NCC(C)C)N(Cc1ccccc1C)C(=O)CN(c1cccc2ccccc12)S(C)(=O)=O. The molecule has 0 aliphatic carbocycles. The molecule has 0 radical (unpaired) electrons. The van der Waals surface area contributed by atoms with Gasteiger partial charge in [0.15, 0.2) is 0 Å². The molecule has 3 rings (SSSR count). The Bertz CT molecular complexity index is 1350. The van der Waals surface area contributed by atoms with Crippen LogP contribution in [-0.2, 0) is 26.2 Å². The van der Waals surface area contributed by atoms with Crippen molar-refractivity contribution in [1.82, 2.24) is 10.2 Å². The summed E-state index contributed by atoms with van der Waals surface area (Å²) in [5, 5.41) is 4.55. The van der Waals surface area contributed by atoms with Gasteiger partial charge in [-0.15, -0.1) is 0 Å². The van der Waals surface area contributed by atoms with Gasteiger partial charge in [0.1, 0.15) is 12.6 Å². The van der Waals surface area contributed by atoms with Crippen LogP contribution in [0.2, 0.25) is 0 Å². The molecule has 0 heterocycles. The molecule has 0 unspecified atom stereocenters. The Morgan fingerprint density at radius 2 is 1.59 bits per heavy atom. The molecule has 198 valence electrons. The van der Waals surface area contributed by atoms with Gasteiger partial charge in [0.25, 0.3) is 0 Å². The Labute approximate surface area is 220 Å². The van der Waals surface area contributed by atoms with Crippen molar-refractivity contribution in [3.63, 3.8) is 0 Å². The normalized spacial score (nSPS) is 12.4. The van der Waals surface area contributed by atoms with Crippen molar-refractivity contribution >= 4 is 38.3 Å². The molecule has 0 spiro atoms. The van der Waals surface area contributed by atoms with Crippen LogP contribution in [0.4, 0.5) is 5.69 Å². The third-order valence-corrected chi connectivity index (χ3v) is 7.51. The van der Waals surface area contributed by atoms with Crippen molar-refractivity contribution < 1.29 is 18.0 Å². The number of anilines is 1. The minimum absolute atomic E-state index is 0.201. The van der Waals surface area contributed by atoms with E-state index >= 15 is 0 Å². The summed E-state index contributed by atoms with van der Waals surface area (Å²) in [5.41, 5.74) is 2.33. The van der Waals surface area contributed by atoms with Gasteiger partial charge in [0.05, 0.1) is 11.9 Å². The summed E-state index contributed by atoms with van der Waals surface area (Å²) in [4.78, 5) is 28.6. The topological polar surface area (TPSA) is 86.8 Å². The van der Waals surface area contributed by atoms with Crippen molar-refractivity contribution in [2.75, 3.05) is 23.7 Å². The number of sulfonamides is 1. The highest BCUT2D eigenvalue weighted by Gasteiger charge is 2.32. The Morgan fingerprint density at radius 1 is 0.946 bits per heavy atom. The quantitative estimate of drug-likeness (QED) is 0.401. The number of carbonyl (C=O) groups is 2. The predicted octanol–water partition coefficient (Wildman–Crippen LogP) is 4.49. The lowest BCUT2D eigenvalue weighted by Gasteiger charge is -2.33. The molecule has 0 aliphatic heterocycles. The van der Waals surface area contributed by atoms with Gasteiger partial charge in [-0.05, 0) is 41.8 Å². The smallest absolute Gasteiger partial charge is 0.244 e. The van der Waals surface area contributed by atoms with E-state index in [0.717, 1.165) is 32.5 Å². The van der Waals surface area contributed by atoms with Crippen LogP contribution in [0.15, 0.2) is 66.7 Å². The first-order valence-corrected chi connectivity index (χ1v) is 14.4. The van der Waals surface area contributed by atoms with E-state index in [9.17, 15) is 18.0 Å². The third-order valence-electron chi connectivity index (χ3n) is 6.39. The van der Waals surface area contributed by atoms with Crippen LogP contribution in [0.1, 0.15) is 38.3 Å². The molecule has 3 aromatic carbocycles. The van der Waals surface area contributed by atoms with Crippen LogP contribution in [0.5, 0.6) is 0 Å². The highest BCUT2D eigenvalue weighted by atomic mass is 32.2. The minimum atomic E-state index is -3.81. The number of amides is 2. The van der Waals surface area contributed by atoms with E-state index in [2.05, 4.69) is 5.32 Å². The van der Waals surface area contributed by atoms with Crippen molar-refractivity contribution in [3.05, 3.63) is 77.9 Å². The fourth-order valence-corrected chi connectivity index (χ4v) is 5.20. The van der Waals surface area contributed by atoms with E-state index in [0.29, 0.717) is 18.7 Å². The van der Waals surface area contributed by atoms with Crippen molar-refractivity contribution in [1.29, 1.82) is 0 Å². The average Bonchev–Trinajstić information content (AvgIpc) is 2.86. The predicted molar refractivity (Wildman–Crippen MR) is 150 cm³/mol. The molecule has 37 heavy (non-hydrogen) atoms. The van der Waals surface area contributed by atoms with E-state index in [4.69, 9.17) is 0 Å². The molecule has 0 fully saturated rings. The van der Waals surface area contributed by atoms with Gasteiger partial charge in [-0.2, -0.15) is 0 Å². The lowest BCUT2D eigenvalue weighted by atomic mass is 10.1. The van der Waals surface area contributed by atoms with Gasteiger partial charge >= 0.3 is 0 Å². The number of fused-ring (bicyclic) bond motifs is 1. The van der Waals surface area contributed by atoms with Crippen molar-refractivity contribution in [3.8, 4) is 0 Å². The summed E-state index contributed by atoms with van der Waals surface area (Å²) in [7, 11) is -3.81. The van der Waals surface area contributed by atoms with Crippen LogP contribution >= 0.6 is 0 Å². The van der Waals surface area contributed by atoms with Crippen LogP contribution in [0, 0.1) is 12.8 Å². The van der Waals surface area contributed by atoms with Gasteiger partial charge in [0.2, 0.25) is 21.8 Å². The number of nitrogens with zero attached hydrogens (tertiary/aromatic N) is 2. The first-order valence-electron chi connectivity index (χ1n) is 12.6. The van der Waals surface area contributed by atoms with Crippen molar-refractivity contribution in [2.24, 2.45) is 5.92 Å². The van der Waals surface area contributed by atoms with Gasteiger partial charge in [-0.3, -0.25) is 13.9 Å². The van der Waals surface area contributed by atoms with E-state index in [1.165, 1.54) is 4.90 Å². The summed E-state index contributed by atoms with van der Waals surface area (Å²) in [6.07, 6.45) is 1.50. The Kier molecular flexibility index (Phi) is 9.32. The van der Waals surface area contributed by atoms with E-state index in [-0.39, 0.29) is 18.4 Å². The van der Waals surface area contributed by atoms with E-state index in [1.807, 2.05) is 82.3 Å². The molecule has 1 N–H and O–H groups in total. The number of hydrogen-bond donors (Lipinski definition) is 1. The molecule has 1 atom stereocenters. The maximum atomic E-state index is 13.9. The standard InChI is InChI=1S/C29H37N3O4S/c1-6-26(29(34)30-18-21(2)3)31(19-24-14-8-7-12-22(24)4)28(33)20-32(37(5,35)36)27-17-11-15-23-13-9-10-16-25(23)27/h7-17,21,26H,6,18-20H2,1-5H3,(H,30,34)/t26-/m0/s1. The summed E-state index contributed by atoms with van der Waals surface area (Å²) in [6.45, 7) is 8.11. The minimum Gasteiger partial charge on any atom is -0.354 e. The van der Waals surface area contributed by atoms with Crippen LogP contribution in [0.3, 0.4) is 0 Å². The summed E-state index contributed by atoms with van der Waals surface area (Å²) in [6, 6.07) is 19.8. The van der Waals surface area contributed by atoms with Crippen molar-refractivity contribution in [2.45, 2.75) is 46.7 Å². The maximum Gasteiger partial charge on any atom is 0.244 e. The number of rotatable bonds is 11. The molecular weight excluding hydrogens is 486 g/mol. The lowest BCUT2D eigenvalue weighted by molar-refractivity contribution is -0.140. The molecule has 2 amide bonds. The molecule has 0 aliphatic rings. The Morgan fingerprint density at radius 3 is 2.24 bits per heavy atom. The van der Waals surface area contributed by atoms with Gasteiger partial charge in [-0.1, -0.05) is 81.4 Å². The number of hydrogen-bond acceptors (Lipinski definition) is 4. The van der Waals surface area contributed by atoms with Crippen LogP contribution < -0.4 is 9.62 Å². The number of nitrogens with one attached hydrogen (secondary N) is 1. The summed E-state index contributed by atoms with van der Waals surface area (Å²) < 4.78 is 27.1. The summed E-state index contributed by atoms with van der Waals surface area (Å²) >= 11 is 0. The van der Waals surface area contributed by atoms with Crippen LogP contribution in [-0.4, -0.2) is 50.5 Å². The second kappa shape index (κ2) is 12.2. The third kappa shape index (κ3) is 7.10. The molecule has 0 saturated carbocycles. The number of benzene rings is 3.